The summed E-state index contributed by atoms with van der Waals surface area (Å²) in [6, 6.07) is 0.248. The van der Waals surface area contributed by atoms with Gasteiger partial charge in [-0.15, -0.1) is 5.10 Å². The molecule has 2 aromatic heterocycles. The van der Waals surface area contributed by atoms with E-state index < -0.39 is 11.9 Å². The number of nitrogens with zero attached hydrogens (tertiary/aromatic N) is 4. The largest absolute Gasteiger partial charge is 0.481 e. The first kappa shape index (κ1) is 13.3. The van der Waals surface area contributed by atoms with Crippen molar-refractivity contribution in [2.24, 2.45) is 0 Å². The van der Waals surface area contributed by atoms with Crippen LogP contribution in [0.25, 0.3) is 5.78 Å². The van der Waals surface area contributed by atoms with E-state index in [-0.39, 0.29) is 6.01 Å². The fourth-order valence-electron chi connectivity index (χ4n) is 2.11. The van der Waals surface area contributed by atoms with E-state index in [2.05, 4.69) is 15.1 Å². The molecule has 0 aromatic carbocycles. The molecule has 0 aliphatic rings. The van der Waals surface area contributed by atoms with Gasteiger partial charge in [-0.1, -0.05) is 0 Å². The molecular formula is C12H16N4O3. The summed E-state index contributed by atoms with van der Waals surface area (Å²) in [5.41, 5.74) is 2.03. The van der Waals surface area contributed by atoms with Crippen LogP contribution in [0.5, 0.6) is 6.01 Å². The molecule has 0 aliphatic heterocycles. The quantitative estimate of drug-likeness (QED) is 0.896. The maximum absolute atomic E-state index is 11.2. The monoisotopic (exact) mass is 264 g/mol. The van der Waals surface area contributed by atoms with Crippen molar-refractivity contribution in [3.05, 3.63) is 17.0 Å². The van der Waals surface area contributed by atoms with Crippen LogP contribution in [-0.2, 0) is 4.79 Å². The van der Waals surface area contributed by atoms with Crippen LogP contribution in [0, 0.1) is 13.8 Å². The molecule has 1 N–H and O–H groups in total. The highest BCUT2D eigenvalue weighted by atomic mass is 16.5. The average Bonchev–Trinajstić information content (AvgIpc) is 2.72. The van der Waals surface area contributed by atoms with Crippen LogP contribution in [0.1, 0.15) is 36.7 Å². The number of carbonyl (C=O) groups is 1. The van der Waals surface area contributed by atoms with Crippen molar-refractivity contribution in [3.8, 4) is 6.01 Å². The number of fused-ring (bicyclic) bond motifs is 1. The molecule has 19 heavy (non-hydrogen) atoms. The van der Waals surface area contributed by atoms with Crippen LogP contribution in [0.3, 0.4) is 0 Å². The third kappa shape index (κ3) is 2.23. The molecule has 0 spiro atoms. The number of aromatic nitrogens is 4. The van der Waals surface area contributed by atoms with Crippen LogP contribution in [0.15, 0.2) is 0 Å². The van der Waals surface area contributed by atoms with Gasteiger partial charge in [-0.2, -0.15) is 9.50 Å². The number of rotatable bonds is 4. The Hall–Kier alpha value is -2.18. The molecule has 2 heterocycles. The summed E-state index contributed by atoms with van der Waals surface area (Å²) >= 11 is 0. The molecule has 0 bridgehead atoms. The first-order valence-corrected chi connectivity index (χ1v) is 6.05. The Bertz CT molecular complexity index is 635. The van der Waals surface area contributed by atoms with Gasteiger partial charge in [0.2, 0.25) is 0 Å². The van der Waals surface area contributed by atoms with Crippen molar-refractivity contribution in [3.63, 3.8) is 0 Å². The number of carboxylic acid groups (broad SMARTS) is 1. The minimum Gasteiger partial charge on any atom is -0.481 e. The Morgan fingerprint density at radius 1 is 1.42 bits per heavy atom. The predicted molar refractivity (Wildman–Crippen MR) is 67.5 cm³/mol. The number of ether oxygens (including phenoxy) is 1. The van der Waals surface area contributed by atoms with Gasteiger partial charge in [0.15, 0.2) is 0 Å². The molecule has 1 unspecified atom stereocenters. The number of aliphatic carboxylic acids is 1. The lowest BCUT2D eigenvalue weighted by molar-refractivity contribution is -0.138. The van der Waals surface area contributed by atoms with E-state index in [9.17, 15) is 4.79 Å². The van der Waals surface area contributed by atoms with Crippen LogP contribution >= 0.6 is 0 Å². The van der Waals surface area contributed by atoms with E-state index in [0.29, 0.717) is 23.6 Å². The Labute approximate surface area is 110 Å². The average molecular weight is 264 g/mol. The topological polar surface area (TPSA) is 89.6 Å². The third-order valence-corrected chi connectivity index (χ3v) is 3.01. The highest BCUT2D eigenvalue weighted by Gasteiger charge is 2.22. The minimum atomic E-state index is -0.891. The normalized spacial score (nSPS) is 12.6. The lowest BCUT2D eigenvalue weighted by atomic mass is 9.98. The van der Waals surface area contributed by atoms with E-state index in [1.807, 2.05) is 6.92 Å². The van der Waals surface area contributed by atoms with Gasteiger partial charge in [-0.05, 0) is 27.7 Å². The summed E-state index contributed by atoms with van der Waals surface area (Å²) in [7, 11) is 0. The Balaban J connectivity index is 2.63. The third-order valence-electron chi connectivity index (χ3n) is 3.01. The molecule has 2 rings (SSSR count). The highest BCUT2D eigenvalue weighted by Crippen LogP contribution is 2.23. The molecule has 0 amide bonds. The van der Waals surface area contributed by atoms with Crippen LogP contribution in [-0.4, -0.2) is 37.3 Å². The van der Waals surface area contributed by atoms with Crippen molar-refractivity contribution in [2.75, 3.05) is 6.61 Å². The smallest absolute Gasteiger partial charge is 0.337 e. The molecule has 7 nitrogen and oxygen atoms in total. The fraction of sp³-hybridized carbons (Fsp3) is 0.500. The molecule has 0 saturated carbocycles. The second kappa shape index (κ2) is 4.83. The second-order valence-electron chi connectivity index (χ2n) is 4.30. The van der Waals surface area contributed by atoms with E-state index in [1.54, 1.807) is 20.8 Å². The van der Waals surface area contributed by atoms with Gasteiger partial charge in [-0.3, -0.25) is 4.79 Å². The zero-order valence-corrected chi connectivity index (χ0v) is 11.3. The lowest BCUT2D eigenvalue weighted by Crippen LogP contribution is -2.14. The van der Waals surface area contributed by atoms with Crippen LogP contribution < -0.4 is 4.74 Å². The fourth-order valence-corrected chi connectivity index (χ4v) is 2.11. The van der Waals surface area contributed by atoms with Gasteiger partial charge in [0.05, 0.1) is 12.5 Å². The molecule has 0 saturated heterocycles. The molecule has 2 aromatic rings. The summed E-state index contributed by atoms with van der Waals surface area (Å²) in [6.45, 7) is 7.52. The zero-order valence-electron chi connectivity index (χ0n) is 11.3. The van der Waals surface area contributed by atoms with E-state index in [1.165, 1.54) is 4.52 Å². The maximum atomic E-state index is 11.2. The highest BCUT2D eigenvalue weighted by molar-refractivity contribution is 5.76. The zero-order chi connectivity index (χ0) is 14.2. The summed E-state index contributed by atoms with van der Waals surface area (Å²) in [5.74, 6) is -1.12. The first-order chi connectivity index (χ1) is 8.95. The van der Waals surface area contributed by atoms with Crippen molar-refractivity contribution in [2.45, 2.75) is 33.6 Å². The number of hydrogen-bond acceptors (Lipinski definition) is 5. The molecule has 7 heteroatoms. The van der Waals surface area contributed by atoms with Gasteiger partial charge in [0, 0.05) is 17.0 Å². The SMILES string of the molecule is CCOc1nc2nc(C)c(C(C)C(=O)O)c(C)n2n1. The summed E-state index contributed by atoms with van der Waals surface area (Å²) in [4.78, 5) is 19.6. The summed E-state index contributed by atoms with van der Waals surface area (Å²) < 4.78 is 6.75. The van der Waals surface area contributed by atoms with Gasteiger partial charge in [0.1, 0.15) is 0 Å². The molecule has 1 atom stereocenters. The van der Waals surface area contributed by atoms with Gasteiger partial charge < -0.3 is 9.84 Å². The standard InChI is InChI=1S/C12H16N4O3/c1-5-19-12-14-11-13-7(3)9(6(2)10(17)18)8(4)16(11)15-12/h6H,5H2,1-4H3,(H,17,18). The Kier molecular flexibility index (Phi) is 3.37. The van der Waals surface area contributed by atoms with Gasteiger partial charge in [-0.25, -0.2) is 4.98 Å². The first-order valence-electron chi connectivity index (χ1n) is 6.05. The molecule has 0 aliphatic carbocycles. The van der Waals surface area contributed by atoms with Crippen molar-refractivity contribution >= 4 is 11.7 Å². The number of carboxylic acids is 1. The molecule has 0 radical (unpaired) electrons. The minimum absolute atomic E-state index is 0.248. The molecule has 102 valence electrons. The summed E-state index contributed by atoms with van der Waals surface area (Å²) in [5, 5.41) is 13.3. The van der Waals surface area contributed by atoms with Crippen molar-refractivity contribution in [1.29, 1.82) is 0 Å². The predicted octanol–water partition coefficient (Wildman–Crippen LogP) is 1.33. The van der Waals surface area contributed by atoms with E-state index >= 15 is 0 Å². The van der Waals surface area contributed by atoms with Crippen LogP contribution in [0.4, 0.5) is 0 Å². The van der Waals surface area contributed by atoms with Crippen LogP contribution in [0.2, 0.25) is 0 Å². The van der Waals surface area contributed by atoms with E-state index in [0.717, 1.165) is 5.69 Å². The van der Waals surface area contributed by atoms with Crippen molar-refractivity contribution < 1.29 is 14.6 Å². The van der Waals surface area contributed by atoms with Gasteiger partial charge in [0.25, 0.3) is 5.78 Å². The number of aryl methyl sites for hydroxylation is 2. The van der Waals surface area contributed by atoms with Crippen molar-refractivity contribution in [1.82, 2.24) is 19.6 Å². The molecular weight excluding hydrogens is 248 g/mol. The molecule has 0 fully saturated rings. The van der Waals surface area contributed by atoms with E-state index in [4.69, 9.17) is 9.84 Å². The second-order valence-corrected chi connectivity index (χ2v) is 4.30. The number of hydrogen-bond donors (Lipinski definition) is 1. The maximum Gasteiger partial charge on any atom is 0.337 e. The lowest BCUT2D eigenvalue weighted by Gasteiger charge is -2.13. The Morgan fingerprint density at radius 3 is 2.68 bits per heavy atom. The van der Waals surface area contributed by atoms with Gasteiger partial charge >= 0.3 is 12.0 Å². The Morgan fingerprint density at radius 2 is 2.11 bits per heavy atom. The summed E-state index contributed by atoms with van der Waals surface area (Å²) in [6.07, 6.45) is 0.